The lowest BCUT2D eigenvalue weighted by atomic mass is 9.84. The van der Waals surface area contributed by atoms with E-state index in [1.807, 2.05) is 0 Å². The van der Waals surface area contributed by atoms with Crippen LogP contribution in [0.15, 0.2) is 18.2 Å². The van der Waals surface area contributed by atoms with Crippen LogP contribution in [0, 0.1) is 0 Å². The van der Waals surface area contributed by atoms with Gasteiger partial charge in [-0.25, -0.2) is 0 Å². The van der Waals surface area contributed by atoms with E-state index in [2.05, 4.69) is 34.1 Å². The smallest absolute Gasteiger partial charge is 0.161 e. The molecular weight excluding hydrogens is 292 g/mol. The van der Waals surface area contributed by atoms with Crippen LogP contribution in [-0.2, 0) is 0 Å². The minimum absolute atomic E-state index is 0.607. The molecule has 0 saturated heterocycles. The van der Waals surface area contributed by atoms with Gasteiger partial charge >= 0.3 is 0 Å². The van der Waals surface area contributed by atoms with Gasteiger partial charge in [0.15, 0.2) is 11.5 Å². The zero-order chi connectivity index (χ0) is 12.4. The van der Waals surface area contributed by atoms with Crippen LogP contribution < -0.4 is 9.47 Å². The van der Waals surface area contributed by atoms with Crippen molar-refractivity contribution in [2.24, 2.45) is 0 Å². The predicted octanol–water partition coefficient (Wildman–Crippen LogP) is 4.27. The van der Waals surface area contributed by atoms with Gasteiger partial charge in [0.1, 0.15) is 0 Å². The van der Waals surface area contributed by atoms with Crippen molar-refractivity contribution in [1.82, 2.24) is 0 Å². The van der Waals surface area contributed by atoms with Gasteiger partial charge in [-0.15, -0.1) is 0 Å². The average molecular weight is 311 g/mol. The van der Waals surface area contributed by atoms with Gasteiger partial charge in [-0.1, -0.05) is 34.8 Å². The van der Waals surface area contributed by atoms with Crippen LogP contribution in [0.25, 0.3) is 0 Å². The molecule has 1 saturated carbocycles. The van der Waals surface area contributed by atoms with Crippen LogP contribution >= 0.6 is 15.9 Å². The molecule has 2 atom stereocenters. The number of halogens is 1. The third-order valence-corrected chi connectivity index (χ3v) is 4.98. The first-order valence-corrected chi connectivity index (χ1v) is 7.80. The van der Waals surface area contributed by atoms with Crippen LogP contribution in [0.1, 0.15) is 43.6 Å². The Hall–Kier alpha value is -0.700. The molecule has 98 valence electrons. The molecule has 1 heterocycles. The molecule has 0 spiro atoms. The Morgan fingerprint density at radius 2 is 1.72 bits per heavy atom. The van der Waals surface area contributed by atoms with Gasteiger partial charge in [0.05, 0.1) is 13.2 Å². The van der Waals surface area contributed by atoms with E-state index in [4.69, 9.17) is 9.47 Å². The van der Waals surface area contributed by atoms with Crippen molar-refractivity contribution >= 4 is 15.9 Å². The Kier molecular flexibility index (Phi) is 3.78. The number of rotatable bonds is 1. The fraction of sp³-hybridized carbons (Fsp3) is 0.600. The van der Waals surface area contributed by atoms with Crippen molar-refractivity contribution in [3.8, 4) is 11.5 Å². The molecule has 0 aromatic heterocycles. The summed E-state index contributed by atoms with van der Waals surface area (Å²) in [6.45, 7) is 1.52. The minimum Gasteiger partial charge on any atom is -0.490 e. The fourth-order valence-corrected chi connectivity index (χ4v) is 3.76. The summed E-state index contributed by atoms with van der Waals surface area (Å²) < 4.78 is 11.5. The Morgan fingerprint density at radius 1 is 0.944 bits per heavy atom. The molecule has 0 bridgehead atoms. The molecule has 2 unspecified atom stereocenters. The second-order valence-electron chi connectivity index (χ2n) is 5.16. The van der Waals surface area contributed by atoms with E-state index in [9.17, 15) is 0 Å². The summed E-state index contributed by atoms with van der Waals surface area (Å²) in [6.07, 6.45) is 6.20. The normalized spacial score (nSPS) is 27.6. The van der Waals surface area contributed by atoms with Gasteiger partial charge in [-0.3, -0.25) is 0 Å². The van der Waals surface area contributed by atoms with E-state index >= 15 is 0 Å². The van der Waals surface area contributed by atoms with E-state index in [1.54, 1.807) is 0 Å². The number of fused-ring (bicyclic) bond motifs is 1. The Balaban J connectivity index is 1.86. The lowest BCUT2D eigenvalue weighted by Gasteiger charge is -2.28. The van der Waals surface area contributed by atoms with Crippen LogP contribution in [0.2, 0.25) is 0 Å². The van der Waals surface area contributed by atoms with Crippen LogP contribution in [0.3, 0.4) is 0 Å². The highest BCUT2D eigenvalue weighted by atomic mass is 79.9. The van der Waals surface area contributed by atoms with Crippen molar-refractivity contribution < 1.29 is 9.47 Å². The number of alkyl halides is 1. The molecule has 2 aliphatic rings. The summed E-state index contributed by atoms with van der Waals surface area (Å²) in [5.41, 5.74) is 1.39. The molecule has 1 aromatic rings. The first-order chi connectivity index (χ1) is 8.84. The molecule has 1 aliphatic carbocycles. The van der Waals surface area contributed by atoms with Crippen LogP contribution in [-0.4, -0.2) is 18.0 Å². The monoisotopic (exact) mass is 310 g/mol. The maximum Gasteiger partial charge on any atom is 0.161 e. The first-order valence-electron chi connectivity index (χ1n) is 6.88. The zero-order valence-corrected chi connectivity index (χ0v) is 12.1. The van der Waals surface area contributed by atoms with Gasteiger partial charge in [-0.05, 0) is 36.5 Å². The predicted molar refractivity (Wildman–Crippen MR) is 76.0 cm³/mol. The SMILES string of the molecule is BrC1CCCCC1c1ccc2c(c1)OCCCO2. The number of hydrogen-bond acceptors (Lipinski definition) is 2. The highest BCUT2D eigenvalue weighted by molar-refractivity contribution is 9.09. The van der Waals surface area contributed by atoms with Gasteiger partial charge in [0.25, 0.3) is 0 Å². The van der Waals surface area contributed by atoms with E-state index in [1.165, 1.54) is 31.2 Å². The highest BCUT2D eigenvalue weighted by Crippen LogP contribution is 2.40. The van der Waals surface area contributed by atoms with Crippen LogP contribution in [0.5, 0.6) is 11.5 Å². The third kappa shape index (κ3) is 2.51. The molecule has 1 fully saturated rings. The average Bonchev–Trinajstić information content (AvgIpc) is 2.63. The topological polar surface area (TPSA) is 18.5 Å². The maximum absolute atomic E-state index is 5.77. The standard InChI is InChI=1S/C15H19BrO2/c16-13-5-2-1-4-12(13)11-6-7-14-15(10-11)18-9-3-8-17-14/h6-7,10,12-13H,1-5,8-9H2. The van der Waals surface area contributed by atoms with Crippen molar-refractivity contribution in [1.29, 1.82) is 0 Å². The summed E-state index contributed by atoms with van der Waals surface area (Å²) in [6, 6.07) is 6.47. The Bertz CT molecular complexity index is 419. The molecule has 3 heteroatoms. The van der Waals surface area contributed by atoms with Gasteiger partial charge in [0, 0.05) is 11.2 Å². The quantitative estimate of drug-likeness (QED) is 0.721. The molecule has 0 N–H and O–H groups in total. The largest absolute Gasteiger partial charge is 0.490 e. The van der Waals surface area contributed by atoms with Gasteiger partial charge < -0.3 is 9.47 Å². The molecule has 0 radical (unpaired) electrons. The fourth-order valence-electron chi connectivity index (χ4n) is 2.87. The van der Waals surface area contributed by atoms with Crippen molar-refractivity contribution in [3.05, 3.63) is 23.8 Å². The second kappa shape index (κ2) is 5.52. The molecule has 1 aromatic carbocycles. The second-order valence-corrected chi connectivity index (χ2v) is 6.34. The van der Waals surface area contributed by atoms with Crippen molar-refractivity contribution in [2.75, 3.05) is 13.2 Å². The summed E-state index contributed by atoms with van der Waals surface area (Å²) in [5, 5.41) is 0. The van der Waals surface area contributed by atoms with E-state index < -0.39 is 0 Å². The van der Waals surface area contributed by atoms with Crippen molar-refractivity contribution in [2.45, 2.75) is 42.8 Å². The first kappa shape index (κ1) is 12.3. The number of ether oxygens (including phenoxy) is 2. The molecular formula is C15H19BrO2. The zero-order valence-electron chi connectivity index (χ0n) is 10.5. The summed E-state index contributed by atoms with van der Waals surface area (Å²) in [5.74, 6) is 2.45. The molecule has 0 amide bonds. The summed E-state index contributed by atoms with van der Waals surface area (Å²) in [4.78, 5) is 0.607. The van der Waals surface area contributed by atoms with E-state index in [0.717, 1.165) is 31.1 Å². The maximum atomic E-state index is 5.77. The minimum atomic E-state index is 0.607. The molecule has 3 rings (SSSR count). The highest BCUT2D eigenvalue weighted by Gasteiger charge is 2.25. The van der Waals surface area contributed by atoms with Gasteiger partial charge in [-0.2, -0.15) is 0 Å². The lowest BCUT2D eigenvalue weighted by molar-refractivity contribution is 0.297. The number of hydrogen-bond donors (Lipinski definition) is 0. The summed E-state index contributed by atoms with van der Waals surface area (Å²) in [7, 11) is 0. The van der Waals surface area contributed by atoms with Crippen molar-refractivity contribution in [3.63, 3.8) is 0 Å². The molecule has 1 aliphatic heterocycles. The van der Waals surface area contributed by atoms with E-state index in [-0.39, 0.29) is 0 Å². The lowest BCUT2D eigenvalue weighted by Crippen LogP contribution is -2.17. The Labute approximate surface area is 117 Å². The summed E-state index contributed by atoms with van der Waals surface area (Å²) >= 11 is 3.83. The molecule has 2 nitrogen and oxygen atoms in total. The Morgan fingerprint density at radius 3 is 2.56 bits per heavy atom. The van der Waals surface area contributed by atoms with Gasteiger partial charge in [0.2, 0.25) is 0 Å². The van der Waals surface area contributed by atoms with E-state index in [0.29, 0.717) is 10.7 Å². The molecule has 18 heavy (non-hydrogen) atoms. The van der Waals surface area contributed by atoms with Crippen LogP contribution in [0.4, 0.5) is 0 Å². The number of benzene rings is 1. The third-order valence-electron chi connectivity index (χ3n) is 3.88.